The summed E-state index contributed by atoms with van der Waals surface area (Å²) < 4.78 is 19.5. The number of nitro groups is 1. The van der Waals surface area contributed by atoms with Crippen molar-refractivity contribution >= 4 is 44.1 Å². The predicted octanol–water partition coefficient (Wildman–Crippen LogP) is 3.96. The molecule has 1 fully saturated rings. The van der Waals surface area contributed by atoms with Crippen molar-refractivity contribution in [2.75, 3.05) is 18.8 Å². The number of amides is 1. The van der Waals surface area contributed by atoms with Gasteiger partial charge in [0, 0.05) is 31.0 Å². The number of fused-ring (bicyclic) bond motifs is 1. The van der Waals surface area contributed by atoms with E-state index in [0.717, 1.165) is 17.5 Å². The molecule has 1 aliphatic rings. The number of hydrogen-bond donors (Lipinski definition) is 0. The molecular weight excluding hydrogens is 402 g/mol. The highest BCUT2D eigenvalue weighted by Gasteiger charge is 2.29. The van der Waals surface area contributed by atoms with Gasteiger partial charge in [-0.1, -0.05) is 0 Å². The number of piperidine rings is 1. The summed E-state index contributed by atoms with van der Waals surface area (Å²) in [6.45, 7) is 6.65. The summed E-state index contributed by atoms with van der Waals surface area (Å²) in [7, 11) is -1.32. The number of nitro benzene ring substituents is 1. The molecular formula is C18H23N3O5S2. The first-order chi connectivity index (χ1) is 13.1. The first-order valence-corrected chi connectivity index (χ1v) is 11.2. The molecule has 0 unspecified atom stereocenters. The summed E-state index contributed by atoms with van der Waals surface area (Å²) in [5.74, 6) is 0.504. The Bertz CT molecular complexity index is 922. The van der Waals surface area contributed by atoms with Crippen molar-refractivity contribution in [3.63, 3.8) is 0 Å². The van der Waals surface area contributed by atoms with E-state index >= 15 is 0 Å². The van der Waals surface area contributed by atoms with E-state index in [0.29, 0.717) is 28.7 Å². The topological polar surface area (TPSA) is 103 Å². The summed E-state index contributed by atoms with van der Waals surface area (Å²) in [5.41, 5.74) is -0.0896. The number of carbonyl (C=O) groups is 1. The smallest absolute Gasteiger partial charge is 0.410 e. The van der Waals surface area contributed by atoms with Crippen LogP contribution in [0.5, 0.6) is 0 Å². The maximum absolute atomic E-state index is 12.8. The van der Waals surface area contributed by atoms with E-state index in [-0.39, 0.29) is 17.7 Å². The number of hydrogen-bond acceptors (Lipinski definition) is 7. The fourth-order valence-electron chi connectivity index (χ4n) is 3.08. The minimum atomic E-state index is -1.32. The van der Waals surface area contributed by atoms with Gasteiger partial charge in [-0.15, -0.1) is 11.3 Å². The van der Waals surface area contributed by atoms with E-state index in [2.05, 4.69) is 4.98 Å². The first kappa shape index (κ1) is 20.7. The third kappa shape index (κ3) is 5.05. The Morgan fingerprint density at radius 1 is 1.46 bits per heavy atom. The molecule has 3 rings (SSSR count). The predicted molar refractivity (Wildman–Crippen MR) is 108 cm³/mol. The average Bonchev–Trinajstić information content (AvgIpc) is 3.04. The first-order valence-electron chi connectivity index (χ1n) is 9.03. The van der Waals surface area contributed by atoms with Crippen LogP contribution in [0, 0.1) is 16.0 Å². The highest BCUT2D eigenvalue weighted by molar-refractivity contribution is 7.87. The Kier molecular flexibility index (Phi) is 5.99. The zero-order valence-corrected chi connectivity index (χ0v) is 17.7. The van der Waals surface area contributed by atoms with Gasteiger partial charge in [-0.25, -0.2) is 9.78 Å². The largest absolute Gasteiger partial charge is 0.444 e. The molecule has 0 spiro atoms. The Morgan fingerprint density at radius 3 is 2.89 bits per heavy atom. The number of carbonyl (C=O) groups excluding carboxylic acids is 1. The summed E-state index contributed by atoms with van der Waals surface area (Å²) in [5, 5.41) is 10.9. The molecule has 2 heterocycles. The Balaban J connectivity index is 1.66. The van der Waals surface area contributed by atoms with Gasteiger partial charge in [-0.2, -0.15) is 0 Å². The van der Waals surface area contributed by atoms with Crippen LogP contribution >= 0.6 is 11.3 Å². The zero-order chi connectivity index (χ0) is 20.5. The van der Waals surface area contributed by atoms with Crippen LogP contribution in [0.4, 0.5) is 10.5 Å². The number of benzene rings is 1. The van der Waals surface area contributed by atoms with Crippen LogP contribution in [0.2, 0.25) is 0 Å². The molecule has 0 saturated carbocycles. The molecule has 1 aliphatic heterocycles. The molecule has 0 radical (unpaired) electrons. The van der Waals surface area contributed by atoms with Crippen molar-refractivity contribution in [2.24, 2.45) is 5.92 Å². The van der Waals surface area contributed by atoms with Crippen molar-refractivity contribution in [1.29, 1.82) is 0 Å². The lowest BCUT2D eigenvalue weighted by atomic mass is 10.0. The number of nitrogens with zero attached hydrogens (tertiary/aromatic N) is 3. The number of thiazole rings is 1. The van der Waals surface area contributed by atoms with Gasteiger partial charge >= 0.3 is 6.09 Å². The maximum Gasteiger partial charge on any atom is 0.410 e. The van der Waals surface area contributed by atoms with E-state index in [1.807, 2.05) is 20.8 Å². The molecule has 2 aromatic rings. The monoisotopic (exact) mass is 425 g/mol. The molecule has 0 aliphatic carbocycles. The lowest BCUT2D eigenvalue weighted by Gasteiger charge is -2.33. The third-order valence-electron chi connectivity index (χ3n) is 4.31. The number of non-ortho nitro benzene ring substituents is 1. The van der Waals surface area contributed by atoms with E-state index in [4.69, 9.17) is 4.74 Å². The molecule has 0 N–H and O–H groups in total. The van der Waals surface area contributed by atoms with Gasteiger partial charge in [0.05, 0.1) is 25.9 Å². The number of ether oxygens (including phenoxy) is 1. The standard InChI is InChI=1S/C18H23N3O5S2/c1-18(2,3)26-17(22)20-8-4-5-12(10-20)11-28(25)16-19-14-9-13(21(23)24)6-7-15(14)27-16/h6-7,9,12H,4-5,8,10-11H2,1-3H3/t12-,28+/m0/s1. The molecule has 0 bridgehead atoms. The number of likely N-dealkylation sites (tertiary alicyclic amines) is 1. The second kappa shape index (κ2) is 8.12. The molecule has 1 saturated heterocycles. The molecule has 152 valence electrons. The van der Waals surface area contributed by atoms with Gasteiger partial charge in [-0.05, 0) is 45.6 Å². The van der Waals surface area contributed by atoms with Gasteiger partial charge in [0.15, 0.2) is 4.34 Å². The Morgan fingerprint density at radius 2 is 2.21 bits per heavy atom. The van der Waals surface area contributed by atoms with Gasteiger partial charge < -0.3 is 9.64 Å². The fourth-order valence-corrected chi connectivity index (χ4v) is 5.65. The van der Waals surface area contributed by atoms with Crippen molar-refractivity contribution in [1.82, 2.24) is 9.88 Å². The molecule has 10 heteroatoms. The molecule has 1 amide bonds. The maximum atomic E-state index is 12.8. The van der Waals surface area contributed by atoms with Crippen LogP contribution in [0.25, 0.3) is 10.2 Å². The van der Waals surface area contributed by atoms with Gasteiger partial charge in [-0.3, -0.25) is 14.3 Å². The van der Waals surface area contributed by atoms with Crippen molar-refractivity contribution in [2.45, 2.75) is 43.6 Å². The van der Waals surface area contributed by atoms with E-state index in [9.17, 15) is 19.1 Å². The SMILES string of the molecule is CC(C)(C)OC(=O)N1CCC[C@H](C[S@@](=O)c2nc3cc([N+](=O)[O-])ccc3s2)C1. The normalized spacial score (nSPS) is 18.8. The van der Waals surface area contributed by atoms with Gasteiger partial charge in [0.2, 0.25) is 0 Å². The second-order valence-electron chi connectivity index (χ2n) is 7.84. The van der Waals surface area contributed by atoms with Crippen LogP contribution < -0.4 is 0 Å². The van der Waals surface area contributed by atoms with E-state index < -0.39 is 21.3 Å². The summed E-state index contributed by atoms with van der Waals surface area (Å²) in [6, 6.07) is 4.46. The highest BCUT2D eigenvalue weighted by atomic mass is 32.2. The summed E-state index contributed by atoms with van der Waals surface area (Å²) in [4.78, 5) is 28.7. The molecule has 28 heavy (non-hydrogen) atoms. The van der Waals surface area contributed by atoms with Crippen molar-refractivity contribution < 1.29 is 18.7 Å². The van der Waals surface area contributed by atoms with Crippen LogP contribution in [0.3, 0.4) is 0 Å². The lowest BCUT2D eigenvalue weighted by Crippen LogP contribution is -2.43. The van der Waals surface area contributed by atoms with Gasteiger partial charge in [0.1, 0.15) is 5.60 Å². The molecule has 8 nitrogen and oxygen atoms in total. The molecule has 1 aromatic heterocycles. The minimum Gasteiger partial charge on any atom is -0.444 e. The zero-order valence-electron chi connectivity index (χ0n) is 16.0. The van der Waals surface area contributed by atoms with Crippen LogP contribution in [0.15, 0.2) is 22.5 Å². The minimum absolute atomic E-state index is 0.0320. The van der Waals surface area contributed by atoms with E-state index in [1.54, 1.807) is 11.0 Å². The quantitative estimate of drug-likeness (QED) is 0.543. The van der Waals surface area contributed by atoms with Crippen molar-refractivity contribution in [3.05, 3.63) is 28.3 Å². The lowest BCUT2D eigenvalue weighted by molar-refractivity contribution is -0.384. The fraction of sp³-hybridized carbons (Fsp3) is 0.556. The van der Waals surface area contributed by atoms with Crippen LogP contribution in [-0.4, -0.2) is 49.6 Å². The second-order valence-corrected chi connectivity index (χ2v) is 10.5. The van der Waals surface area contributed by atoms with Gasteiger partial charge in [0.25, 0.3) is 5.69 Å². The Labute approximate surface area is 169 Å². The Hall–Kier alpha value is -2.07. The number of aromatic nitrogens is 1. The van der Waals surface area contributed by atoms with Crippen molar-refractivity contribution in [3.8, 4) is 0 Å². The number of rotatable bonds is 4. The third-order valence-corrected chi connectivity index (χ3v) is 7.21. The summed E-state index contributed by atoms with van der Waals surface area (Å²) in [6.07, 6.45) is 1.39. The summed E-state index contributed by atoms with van der Waals surface area (Å²) >= 11 is 1.29. The molecule has 2 atom stereocenters. The highest BCUT2D eigenvalue weighted by Crippen LogP contribution is 2.29. The van der Waals surface area contributed by atoms with Crippen LogP contribution in [-0.2, 0) is 15.5 Å². The average molecular weight is 426 g/mol. The molecule has 1 aromatic carbocycles. The van der Waals surface area contributed by atoms with E-state index in [1.165, 1.54) is 23.5 Å². The van der Waals surface area contributed by atoms with Crippen LogP contribution in [0.1, 0.15) is 33.6 Å².